The van der Waals surface area contributed by atoms with Crippen LogP contribution in [-0.4, -0.2) is 100 Å². The number of barbiturate groups is 1. The van der Waals surface area contributed by atoms with Crippen molar-refractivity contribution in [1.29, 1.82) is 0 Å². The maximum absolute atomic E-state index is 14.4. The Labute approximate surface area is 302 Å². The minimum atomic E-state index is -0.523. The molecule has 0 radical (unpaired) electrons. The van der Waals surface area contributed by atoms with Gasteiger partial charge in [0.15, 0.2) is 0 Å². The maximum atomic E-state index is 14.4. The van der Waals surface area contributed by atoms with E-state index in [4.69, 9.17) is 4.74 Å². The molecule has 0 aromatic rings. The Morgan fingerprint density at radius 1 is 0.755 bits per heavy atom. The largest absolute Gasteiger partial charge is 0.383 e. The predicted molar refractivity (Wildman–Crippen MR) is 199 cm³/mol. The van der Waals surface area contributed by atoms with Crippen LogP contribution in [0.15, 0.2) is 33.4 Å². The second kappa shape index (κ2) is 15.4. The number of rotatable bonds is 9. The average Bonchev–Trinajstić information content (AvgIpc) is 3.64. The van der Waals surface area contributed by atoms with Gasteiger partial charge < -0.3 is 14.5 Å². The molecule has 270 valence electrons. The second-order valence-corrected chi connectivity index (χ2v) is 18.1. The van der Waals surface area contributed by atoms with Crippen molar-refractivity contribution in [2.24, 2.45) is 23.7 Å². The van der Waals surface area contributed by atoms with Gasteiger partial charge in [-0.25, -0.2) is 4.79 Å². The number of ether oxygens (including phenoxy) is 1. The van der Waals surface area contributed by atoms with Crippen LogP contribution in [0.2, 0.25) is 0 Å². The molecule has 8 atom stereocenters. The van der Waals surface area contributed by atoms with Gasteiger partial charge in [-0.15, -0.1) is 23.5 Å². The normalized spacial score (nSPS) is 37.5. The van der Waals surface area contributed by atoms with Crippen molar-refractivity contribution in [1.82, 2.24) is 19.6 Å². The molecule has 3 heterocycles. The number of carbonyl (C=O) groups is 3. The number of carbonyl (C=O) groups excluding carboxylic acids is 3. The lowest BCUT2D eigenvalue weighted by molar-refractivity contribution is -0.136. The summed E-state index contributed by atoms with van der Waals surface area (Å²) in [6.07, 6.45) is 21.6. The van der Waals surface area contributed by atoms with E-state index in [1.54, 1.807) is 7.11 Å². The van der Waals surface area contributed by atoms with Crippen LogP contribution >= 0.6 is 23.5 Å². The van der Waals surface area contributed by atoms with Gasteiger partial charge in [-0.2, -0.15) is 0 Å². The molecular formula is C39H58N4O4S2. The minimum absolute atomic E-state index is 0.124. The smallest absolute Gasteiger partial charge is 0.334 e. The number of urea groups is 1. The van der Waals surface area contributed by atoms with Crippen LogP contribution in [0.1, 0.15) is 104 Å². The van der Waals surface area contributed by atoms with Gasteiger partial charge in [0, 0.05) is 49.8 Å². The highest BCUT2D eigenvalue weighted by atomic mass is 32.2. The summed E-state index contributed by atoms with van der Waals surface area (Å²) in [6.45, 7) is 5.88. The molecule has 7 aliphatic rings. The third-order valence-corrected chi connectivity index (χ3v) is 15.9. The number of amides is 4. The Morgan fingerprint density at radius 3 is 1.96 bits per heavy atom. The summed E-state index contributed by atoms with van der Waals surface area (Å²) in [4.78, 5) is 50.2. The van der Waals surface area contributed by atoms with Crippen LogP contribution in [0.25, 0.3) is 0 Å². The molecule has 0 bridgehead atoms. The zero-order valence-corrected chi connectivity index (χ0v) is 31.9. The van der Waals surface area contributed by atoms with E-state index in [9.17, 15) is 14.4 Å². The van der Waals surface area contributed by atoms with Gasteiger partial charge >= 0.3 is 6.03 Å². The predicted octanol–water partition coefficient (Wildman–Crippen LogP) is 7.63. The van der Waals surface area contributed by atoms with Crippen LogP contribution in [0, 0.1) is 23.7 Å². The number of methoxy groups -OCH3 is 1. The van der Waals surface area contributed by atoms with E-state index in [1.807, 2.05) is 23.5 Å². The lowest BCUT2D eigenvalue weighted by Gasteiger charge is -2.45. The molecule has 0 aromatic heterocycles. The second-order valence-electron chi connectivity index (χ2n) is 15.6. The van der Waals surface area contributed by atoms with E-state index in [0.29, 0.717) is 53.0 Å². The number of hydrogen-bond donors (Lipinski definition) is 0. The highest BCUT2D eigenvalue weighted by Gasteiger charge is 2.50. The number of allylic oxidation sites excluding steroid dienone is 3. The molecule has 8 unspecified atom stereocenters. The Bertz CT molecular complexity index is 1350. The Balaban J connectivity index is 1.32. The standard InChI is InChI=1S/C39H58N4O4S2/c1-5-7-20-42-37(44)34(38(45)43(39(42)46)21-22-47-4)27(23-32-40(3)35-28-14-10-8-12-25(28)16-18-30(35)48-32)24-33-41(6-2)36-29-15-11-9-13-26(29)17-19-31(36)49-33/h23-26,28-31,35-36H,5-22H2,1-4H3/b32-23?,33-24?,34-27+. The number of fused-ring (bicyclic) bond motifs is 6. The molecule has 7 fully saturated rings. The van der Waals surface area contributed by atoms with Crippen LogP contribution in [-0.2, 0) is 14.3 Å². The van der Waals surface area contributed by atoms with E-state index in [1.165, 1.54) is 91.9 Å². The first kappa shape index (κ1) is 35.5. The lowest BCUT2D eigenvalue weighted by atomic mass is 9.68. The Morgan fingerprint density at radius 2 is 1.33 bits per heavy atom. The van der Waals surface area contributed by atoms with Crippen LogP contribution in [0.3, 0.4) is 0 Å². The van der Waals surface area contributed by atoms with Gasteiger partial charge in [0.2, 0.25) is 0 Å². The van der Waals surface area contributed by atoms with Crippen molar-refractivity contribution in [2.75, 3.05) is 40.4 Å². The van der Waals surface area contributed by atoms with E-state index in [0.717, 1.165) is 29.8 Å². The zero-order valence-electron chi connectivity index (χ0n) is 30.2. The van der Waals surface area contributed by atoms with Crippen molar-refractivity contribution >= 4 is 41.4 Å². The number of thioether (sulfide) groups is 2. The molecule has 7 rings (SSSR count). The topological polar surface area (TPSA) is 73.4 Å². The van der Waals surface area contributed by atoms with Gasteiger partial charge in [0.05, 0.1) is 23.2 Å². The Kier molecular flexibility index (Phi) is 11.1. The minimum Gasteiger partial charge on any atom is -0.383 e. The molecule has 0 spiro atoms. The SMILES string of the molecule is CCCCN1C(=O)/C(=C(/C=C2SC3CCC4CCCCC4C3N2C)C=C2SC3CCC4CCCCC4C3N2CC)C(=O)N(CCOC)C1=O. The third kappa shape index (κ3) is 6.65. The first-order valence-electron chi connectivity index (χ1n) is 19.5. The average molecular weight is 711 g/mol. The van der Waals surface area contributed by atoms with Crippen molar-refractivity contribution < 1.29 is 19.1 Å². The van der Waals surface area contributed by atoms with Crippen molar-refractivity contribution in [2.45, 2.75) is 126 Å². The number of hydrogen-bond acceptors (Lipinski definition) is 8. The van der Waals surface area contributed by atoms with Gasteiger partial charge in [0.25, 0.3) is 11.8 Å². The fraction of sp³-hybridized carbons (Fsp3) is 0.769. The van der Waals surface area contributed by atoms with Crippen molar-refractivity contribution in [3.8, 4) is 0 Å². The van der Waals surface area contributed by atoms with E-state index < -0.39 is 17.8 Å². The quantitative estimate of drug-likeness (QED) is 0.179. The molecule has 49 heavy (non-hydrogen) atoms. The van der Waals surface area contributed by atoms with E-state index >= 15 is 0 Å². The molecule has 3 saturated heterocycles. The van der Waals surface area contributed by atoms with Crippen LogP contribution in [0.4, 0.5) is 4.79 Å². The summed E-state index contributed by atoms with van der Waals surface area (Å²) in [6, 6.07) is 0.477. The maximum Gasteiger partial charge on any atom is 0.334 e. The summed E-state index contributed by atoms with van der Waals surface area (Å²) in [5.74, 6) is 2.11. The molecule has 4 amide bonds. The third-order valence-electron chi connectivity index (χ3n) is 13.0. The molecule has 4 aliphatic carbocycles. The number of unbranched alkanes of at least 4 members (excludes halogenated alkanes) is 1. The summed E-state index contributed by atoms with van der Waals surface area (Å²) < 4.78 is 5.32. The van der Waals surface area contributed by atoms with Gasteiger partial charge in [0.1, 0.15) is 5.57 Å². The lowest BCUT2D eigenvalue weighted by Crippen LogP contribution is -2.57. The fourth-order valence-corrected chi connectivity index (χ4v) is 13.8. The summed E-state index contributed by atoms with van der Waals surface area (Å²) >= 11 is 3.92. The first-order valence-corrected chi connectivity index (χ1v) is 21.3. The van der Waals surface area contributed by atoms with Gasteiger partial charge in [-0.3, -0.25) is 19.4 Å². The Hall–Kier alpha value is -1.91. The molecule has 0 aromatic carbocycles. The van der Waals surface area contributed by atoms with E-state index in [-0.39, 0.29) is 18.7 Å². The van der Waals surface area contributed by atoms with Crippen molar-refractivity contribution in [3.63, 3.8) is 0 Å². The summed E-state index contributed by atoms with van der Waals surface area (Å²) in [7, 11) is 3.81. The van der Waals surface area contributed by atoms with E-state index in [2.05, 4.69) is 42.8 Å². The van der Waals surface area contributed by atoms with Crippen LogP contribution in [0.5, 0.6) is 0 Å². The summed E-state index contributed by atoms with van der Waals surface area (Å²) in [5, 5.41) is 3.40. The highest BCUT2D eigenvalue weighted by Crippen LogP contribution is 2.55. The zero-order chi connectivity index (χ0) is 34.2. The number of nitrogens with zero attached hydrogens (tertiary/aromatic N) is 4. The monoisotopic (exact) mass is 710 g/mol. The number of imide groups is 2. The molecule has 4 saturated carbocycles. The first-order chi connectivity index (χ1) is 23.9. The fourth-order valence-electron chi connectivity index (χ4n) is 10.6. The molecular weight excluding hydrogens is 653 g/mol. The molecule has 3 aliphatic heterocycles. The molecule has 0 N–H and O–H groups in total. The van der Waals surface area contributed by atoms with Crippen molar-refractivity contribution in [3.05, 3.63) is 33.4 Å². The van der Waals surface area contributed by atoms with Gasteiger partial charge in [-0.1, -0.05) is 51.9 Å². The highest BCUT2D eigenvalue weighted by molar-refractivity contribution is 8.04. The molecule has 10 heteroatoms. The van der Waals surface area contributed by atoms with Crippen LogP contribution < -0.4 is 0 Å². The van der Waals surface area contributed by atoms with Gasteiger partial charge in [-0.05, 0) is 93.3 Å². The molecule has 8 nitrogen and oxygen atoms in total. The summed E-state index contributed by atoms with van der Waals surface area (Å²) in [5.41, 5.74) is 0.799.